The van der Waals surface area contributed by atoms with Gasteiger partial charge >= 0.3 is 0 Å². The molecule has 0 radical (unpaired) electrons. The van der Waals surface area contributed by atoms with Crippen LogP contribution in [0.3, 0.4) is 0 Å². The molecule has 0 bridgehead atoms. The Balaban J connectivity index is 1.88. The Labute approximate surface area is 106 Å². The van der Waals surface area contributed by atoms with E-state index in [0.717, 1.165) is 24.2 Å². The molecule has 2 aromatic carbocycles. The number of hydrogen-bond acceptors (Lipinski definition) is 2. The SMILES string of the molecule is O=C1C=C(Nc2ccc3ccccc3c2)CCC1. The summed E-state index contributed by atoms with van der Waals surface area (Å²) in [6.45, 7) is 0. The molecular formula is C16H15NO. The van der Waals surface area contributed by atoms with Crippen molar-refractivity contribution in [3.63, 3.8) is 0 Å². The lowest BCUT2D eigenvalue weighted by molar-refractivity contribution is -0.115. The lowest BCUT2D eigenvalue weighted by Gasteiger charge is -2.14. The average Bonchev–Trinajstić information content (AvgIpc) is 2.39. The second-order valence-electron chi connectivity index (χ2n) is 4.68. The molecule has 0 saturated heterocycles. The second-order valence-corrected chi connectivity index (χ2v) is 4.68. The Kier molecular flexibility index (Phi) is 2.85. The molecule has 2 heteroatoms. The van der Waals surface area contributed by atoms with Gasteiger partial charge in [-0.15, -0.1) is 0 Å². The maximum absolute atomic E-state index is 11.4. The van der Waals surface area contributed by atoms with Crippen molar-refractivity contribution in [3.8, 4) is 0 Å². The summed E-state index contributed by atoms with van der Waals surface area (Å²) in [6.07, 6.45) is 4.32. The molecular weight excluding hydrogens is 222 g/mol. The Bertz CT molecular complexity index is 628. The van der Waals surface area contributed by atoms with Crippen molar-refractivity contribution in [1.82, 2.24) is 0 Å². The molecule has 1 aliphatic rings. The lowest BCUT2D eigenvalue weighted by atomic mass is 10.0. The fourth-order valence-electron chi connectivity index (χ4n) is 2.34. The molecule has 90 valence electrons. The smallest absolute Gasteiger partial charge is 0.157 e. The van der Waals surface area contributed by atoms with E-state index < -0.39 is 0 Å². The number of fused-ring (bicyclic) bond motifs is 1. The minimum atomic E-state index is 0.226. The van der Waals surface area contributed by atoms with Crippen LogP contribution in [0.25, 0.3) is 10.8 Å². The highest BCUT2D eigenvalue weighted by Gasteiger charge is 2.09. The van der Waals surface area contributed by atoms with Crippen LogP contribution in [0.1, 0.15) is 19.3 Å². The molecule has 2 aromatic rings. The molecule has 3 rings (SSSR count). The van der Waals surface area contributed by atoms with Crippen molar-refractivity contribution >= 4 is 22.2 Å². The van der Waals surface area contributed by atoms with Gasteiger partial charge in [0.15, 0.2) is 5.78 Å². The molecule has 18 heavy (non-hydrogen) atoms. The third kappa shape index (κ3) is 2.28. The summed E-state index contributed by atoms with van der Waals surface area (Å²) >= 11 is 0. The summed E-state index contributed by atoms with van der Waals surface area (Å²) < 4.78 is 0. The highest BCUT2D eigenvalue weighted by molar-refractivity contribution is 5.92. The van der Waals surface area contributed by atoms with Crippen molar-refractivity contribution < 1.29 is 4.79 Å². The highest BCUT2D eigenvalue weighted by Crippen LogP contribution is 2.22. The van der Waals surface area contributed by atoms with E-state index in [4.69, 9.17) is 0 Å². The van der Waals surface area contributed by atoms with Gasteiger partial charge in [-0.2, -0.15) is 0 Å². The van der Waals surface area contributed by atoms with Crippen LogP contribution in [-0.2, 0) is 4.79 Å². The molecule has 0 spiro atoms. The van der Waals surface area contributed by atoms with Crippen LogP contribution in [0.2, 0.25) is 0 Å². The van der Waals surface area contributed by atoms with E-state index in [1.54, 1.807) is 6.08 Å². The van der Waals surface area contributed by atoms with Crippen molar-refractivity contribution in [2.45, 2.75) is 19.3 Å². The third-order valence-electron chi connectivity index (χ3n) is 3.26. The van der Waals surface area contributed by atoms with Crippen LogP contribution in [-0.4, -0.2) is 5.78 Å². The van der Waals surface area contributed by atoms with Gasteiger partial charge in [0.1, 0.15) is 0 Å². The van der Waals surface area contributed by atoms with Crippen molar-refractivity contribution in [3.05, 3.63) is 54.2 Å². The first-order valence-corrected chi connectivity index (χ1v) is 6.30. The van der Waals surface area contributed by atoms with Gasteiger partial charge in [0.25, 0.3) is 0 Å². The van der Waals surface area contributed by atoms with Gasteiger partial charge in [-0.3, -0.25) is 4.79 Å². The van der Waals surface area contributed by atoms with Gasteiger partial charge in [-0.25, -0.2) is 0 Å². The van der Waals surface area contributed by atoms with E-state index >= 15 is 0 Å². The number of hydrogen-bond donors (Lipinski definition) is 1. The van der Waals surface area contributed by atoms with E-state index in [9.17, 15) is 4.79 Å². The number of rotatable bonds is 2. The first-order chi connectivity index (χ1) is 8.81. The van der Waals surface area contributed by atoms with E-state index in [1.165, 1.54) is 10.8 Å². The summed E-state index contributed by atoms with van der Waals surface area (Å²) in [7, 11) is 0. The predicted molar refractivity (Wildman–Crippen MR) is 74.5 cm³/mol. The first-order valence-electron chi connectivity index (χ1n) is 6.30. The fraction of sp³-hybridized carbons (Fsp3) is 0.188. The first kappa shape index (κ1) is 11.0. The molecule has 0 atom stereocenters. The van der Waals surface area contributed by atoms with E-state index in [2.05, 4.69) is 35.6 Å². The highest BCUT2D eigenvalue weighted by atomic mass is 16.1. The zero-order valence-electron chi connectivity index (χ0n) is 10.1. The van der Waals surface area contributed by atoms with E-state index in [-0.39, 0.29) is 5.78 Å². The standard InChI is InChI=1S/C16H15NO/c18-16-7-3-6-14(11-16)17-15-9-8-12-4-1-2-5-13(12)10-15/h1-2,4-5,8-11,17H,3,6-7H2. The van der Waals surface area contributed by atoms with Crippen LogP contribution < -0.4 is 5.32 Å². The number of benzene rings is 2. The zero-order valence-corrected chi connectivity index (χ0v) is 10.1. The summed E-state index contributed by atoms with van der Waals surface area (Å²) in [5.74, 6) is 0.226. The largest absolute Gasteiger partial charge is 0.359 e. The van der Waals surface area contributed by atoms with E-state index in [0.29, 0.717) is 6.42 Å². The maximum atomic E-state index is 11.4. The summed E-state index contributed by atoms with van der Waals surface area (Å²) in [6, 6.07) is 14.6. The summed E-state index contributed by atoms with van der Waals surface area (Å²) in [5, 5.41) is 5.79. The number of ketones is 1. The Morgan fingerprint density at radius 2 is 1.78 bits per heavy atom. The topological polar surface area (TPSA) is 29.1 Å². The molecule has 2 nitrogen and oxygen atoms in total. The molecule has 0 aromatic heterocycles. The van der Waals surface area contributed by atoms with Crippen LogP contribution >= 0.6 is 0 Å². The minimum absolute atomic E-state index is 0.226. The van der Waals surface area contributed by atoms with E-state index in [1.807, 2.05) is 12.1 Å². The molecule has 0 unspecified atom stereocenters. The van der Waals surface area contributed by atoms with Gasteiger partial charge in [-0.05, 0) is 35.7 Å². The van der Waals surface area contributed by atoms with Crippen molar-refractivity contribution in [1.29, 1.82) is 0 Å². The summed E-state index contributed by atoms with van der Waals surface area (Å²) in [4.78, 5) is 11.4. The second kappa shape index (κ2) is 4.65. The fourth-order valence-corrected chi connectivity index (χ4v) is 2.34. The van der Waals surface area contributed by atoms with Gasteiger partial charge in [0, 0.05) is 23.9 Å². The Morgan fingerprint density at radius 1 is 0.944 bits per heavy atom. The molecule has 0 amide bonds. The monoisotopic (exact) mass is 237 g/mol. The summed E-state index contributed by atoms with van der Waals surface area (Å²) in [5.41, 5.74) is 2.08. The Morgan fingerprint density at radius 3 is 2.61 bits per heavy atom. The number of allylic oxidation sites excluding steroid dienone is 2. The molecule has 0 saturated carbocycles. The van der Waals surface area contributed by atoms with Gasteiger partial charge in [0.2, 0.25) is 0 Å². The Hall–Kier alpha value is -2.09. The minimum Gasteiger partial charge on any atom is -0.359 e. The van der Waals surface area contributed by atoms with Gasteiger partial charge in [-0.1, -0.05) is 30.3 Å². The van der Waals surface area contributed by atoms with Crippen LogP contribution in [0, 0.1) is 0 Å². The molecule has 1 N–H and O–H groups in total. The van der Waals surface area contributed by atoms with Crippen LogP contribution in [0.5, 0.6) is 0 Å². The van der Waals surface area contributed by atoms with Crippen molar-refractivity contribution in [2.75, 3.05) is 5.32 Å². The third-order valence-corrected chi connectivity index (χ3v) is 3.26. The number of anilines is 1. The number of nitrogens with one attached hydrogen (secondary N) is 1. The predicted octanol–water partition coefficient (Wildman–Crippen LogP) is 3.89. The van der Waals surface area contributed by atoms with Gasteiger partial charge in [0.05, 0.1) is 0 Å². The van der Waals surface area contributed by atoms with Gasteiger partial charge < -0.3 is 5.32 Å². The number of carbonyl (C=O) groups excluding carboxylic acids is 1. The molecule has 0 aliphatic heterocycles. The normalized spacial score (nSPS) is 15.6. The molecule has 0 fully saturated rings. The molecule has 0 heterocycles. The van der Waals surface area contributed by atoms with Crippen LogP contribution in [0.15, 0.2) is 54.2 Å². The lowest BCUT2D eigenvalue weighted by Crippen LogP contribution is -2.08. The zero-order chi connectivity index (χ0) is 12.4. The average molecular weight is 237 g/mol. The van der Waals surface area contributed by atoms with Crippen molar-refractivity contribution in [2.24, 2.45) is 0 Å². The molecule has 1 aliphatic carbocycles. The van der Waals surface area contributed by atoms with Crippen LogP contribution in [0.4, 0.5) is 5.69 Å². The maximum Gasteiger partial charge on any atom is 0.157 e. The quantitative estimate of drug-likeness (QED) is 0.858. The number of carbonyl (C=O) groups is 1.